The first kappa shape index (κ1) is 18.5. The second kappa shape index (κ2) is 6.93. The molecule has 3 aromatic heterocycles. The smallest absolute Gasteiger partial charge is 0.332 e. The van der Waals surface area contributed by atoms with Gasteiger partial charge < -0.3 is 5.73 Å². The Kier molecular flexibility index (Phi) is 4.41. The largest absolute Gasteiger partial charge is 0.350 e. The molecule has 3 N–H and O–H groups in total. The van der Waals surface area contributed by atoms with Crippen LogP contribution < -0.4 is 11.2 Å². The molecule has 0 aliphatic rings. The zero-order valence-corrected chi connectivity index (χ0v) is 15.5. The maximum Gasteiger partial charge on any atom is 0.332 e. The number of carbonyl (C=O) groups is 1. The summed E-state index contributed by atoms with van der Waals surface area (Å²) in [6, 6.07) is 3.81. The molecule has 0 aliphatic heterocycles. The molecular weight excluding hydrogens is 382 g/mol. The third-order valence-electron chi connectivity index (χ3n) is 4.53. The Morgan fingerprint density at radius 2 is 2.10 bits per heavy atom. The molecule has 3 heterocycles. The number of hydrogen-bond acceptors (Lipinski definition) is 5. The van der Waals surface area contributed by atoms with Gasteiger partial charge >= 0.3 is 6.03 Å². The van der Waals surface area contributed by atoms with E-state index in [2.05, 4.69) is 25.7 Å². The van der Waals surface area contributed by atoms with Gasteiger partial charge in [-0.2, -0.15) is 15.3 Å². The minimum absolute atomic E-state index is 0.0597. The molecule has 2 amide bonds. The first-order valence-electron chi connectivity index (χ1n) is 8.57. The van der Waals surface area contributed by atoms with Crippen LogP contribution in [0.2, 0.25) is 0 Å². The van der Waals surface area contributed by atoms with Crippen LogP contribution in [0.1, 0.15) is 23.9 Å². The highest BCUT2D eigenvalue weighted by Gasteiger charge is 2.18. The summed E-state index contributed by atoms with van der Waals surface area (Å²) in [5.74, 6) is -1.34. The summed E-state index contributed by atoms with van der Waals surface area (Å²) in [7, 11) is 1.62. The van der Waals surface area contributed by atoms with Gasteiger partial charge in [0.25, 0.3) is 0 Å². The average molecular weight is 398 g/mol. The number of aromatic nitrogens is 5. The third-order valence-corrected chi connectivity index (χ3v) is 4.53. The highest BCUT2D eigenvalue weighted by molar-refractivity contribution is 5.97. The Morgan fingerprint density at radius 1 is 1.31 bits per heavy atom. The van der Waals surface area contributed by atoms with Gasteiger partial charge in [-0.15, -0.1) is 0 Å². The van der Waals surface area contributed by atoms with Crippen molar-refractivity contribution in [1.29, 1.82) is 0 Å². The Balaban J connectivity index is 1.75. The van der Waals surface area contributed by atoms with E-state index >= 15 is 0 Å². The molecule has 0 saturated heterocycles. The fourth-order valence-corrected chi connectivity index (χ4v) is 3.04. The van der Waals surface area contributed by atoms with Crippen LogP contribution in [0.5, 0.6) is 0 Å². The second-order valence-corrected chi connectivity index (χ2v) is 6.44. The molecule has 0 spiro atoms. The van der Waals surface area contributed by atoms with E-state index in [0.717, 1.165) is 0 Å². The number of imidazole rings is 1. The highest BCUT2D eigenvalue weighted by Crippen LogP contribution is 2.25. The molecule has 11 heteroatoms. The minimum Gasteiger partial charge on any atom is -0.350 e. The molecular formula is C18H16F2N8O. The Labute approximate surface area is 162 Å². The number of hydrogen-bond donors (Lipinski definition) is 2. The summed E-state index contributed by atoms with van der Waals surface area (Å²) < 4.78 is 32.4. The van der Waals surface area contributed by atoms with E-state index in [0.29, 0.717) is 28.3 Å². The number of carbonyl (C=O) groups excluding carboxylic acids is 1. The zero-order chi connectivity index (χ0) is 20.7. The van der Waals surface area contributed by atoms with Gasteiger partial charge in [0.1, 0.15) is 17.3 Å². The lowest BCUT2D eigenvalue weighted by Crippen LogP contribution is -2.25. The van der Waals surface area contributed by atoms with Crippen molar-refractivity contribution in [2.24, 2.45) is 17.9 Å². The van der Waals surface area contributed by atoms with E-state index < -0.39 is 17.7 Å². The molecule has 29 heavy (non-hydrogen) atoms. The topological polar surface area (TPSA) is 115 Å². The van der Waals surface area contributed by atoms with E-state index in [1.54, 1.807) is 26.1 Å². The Bertz CT molecular complexity index is 1290. The second-order valence-electron chi connectivity index (χ2n) is 6.44. The number of rotatable bonds is 4. The number of urea groups is 1. The molecule has 0 bridgehead atoms. The van der Waals surface area contributed by atoms with E-state index in [4.69, 9.17) is 5.73 Å². The molecule has 0 fully saturated rings. The lowest BCUT2D eigenvalue weighted by molar-refractivity contribution is 0.249. The van der Waals surface area contributed by atoms with E-state index in [1.807, 2.05) is 0 Å². The number of amides is 2. The van der Waals surface area contributed by atoms with E-state index in [-0.39, 0.29) is 17.4 Å². The van der Waals surface area contributed by atoms with Gasteiger partial charge in [-0.05, 0) is 19.1 Å². The summed E-state index contributed by atoms with van der Waals surface area (Å²) in [6.45, 7) is 1.64. The van der Waals surface area contributed by atoms with Gasteiger partial charge in [0, 0.05) is 25.1 Å². The number of fused-ring (bicyclic) bond motifs is 2. The molecule has 9 nitrogen and oxygen atoms in total. The predicted octanol–water partition coefficient (Wildman–Crippen LogP) is 1.88. The fraction of sp³-hybridized carbons (Fsp3) is 0.167. The summed E-state index contributed by atoms with van der Waals surface area (Å²) >= 11 is 0. The van der Waals surface area contributed by atoms with E-state index in [9.17, 15) is 13.6 Å². The van der Waals surface area contributed by atoms with Crippen molar-refractivity contribution in [2.75, 3.05) is 0 Å². The van der Waals surface area contributed by atoms with Gasteiger partial charge in [-0.25, -0.2) is 28.5 Å². The quantitative estimate of drug-likeness (QED) is 0.403. The minimum atomic E-state index is -0.800. The van der Waals surface area contributed by atoms with Crippen molar-refractivity contribution in [2.45, 2.75) is 13.3 Å². The van der Waals surface area contributed by atoms with Gasteiger partial charge in [-0.1, -0.05) is 0 Å². The Hall–Kier alpha value is -3.89. The van der Waals surface area contributed by atoms with Crippen LogP contribution >= 0.6 is 0 Å². The number of hydrazone groups is 1. The molecule has 4 aromatic rings. The van der Waals surface area contributed by atoms with Crippen LogP contribution in [-0.2, 0) is 13.5 Å². The zero-order valence-electron chi connectivity index (χ0n) is 15.5. The third kappa shape index (κ3) is 3.26. The maximum atomic E-state index is 14.9. The molecule has 0 aliphatic carbocycles. The van der Waals surface area contributed by atoms with Crippen molar-refractivity contribution >= 4 is 28.3 Å². The van der Waals surface area contributed by atoms with Gasteiger partial charge in [0.15, 0.2) is 5.65 Å². The Morgan fingerprint density at radius 3 is 2.86 bits per heavy atom. The van der Waals surface area contributed by atoms with E-state index in [1.165, 1.54) is 27.7 Å². The van der Waals surface area contributed by atoms with Crippen molar-refractivity contribution in [1.82, 2.24) is 29.8 Å². The van der Waals surface area contributed by atoms with Crippen LogP contribution in [0.15, 0.2) is 35.7 Å². The first-order valence-corrected chi connectivity index (χ1v) is 8.57. The number of primary amides is 1. The number of nitrogens with one attached hydrogen (secondary N) is 1. The van der Waals surface area contributed by atoms with Gasteiger partial charge in [0.05, 0.1) is 34.7 Å². The van der Waals surface area contributed by atoms with Crippen LogP contribution in [-0.4, -0.2) is 36.1 Å². The molecule has 4 rings (SSSR count). The number of aryl methyl sites for hydroxylation is 1. The summed E-state index contributed by atoms with van der Waals surface area (Å²) in [4.78, 5) is 15.0. The number of halogens is 2. The average Bonchev–Trinajstić information content (AvgIpc) is 3.26. The van der Waals surface area contributed by atoms with Gasteiger partial charge in [0.2, 0.25) is 0 Å². The molecule has 0 radical (unpaired) electrons. The monoisotopic (exact) mass is 398 g/mol. The molecule has 0 atom stereocenters. The van der Waals surface area contributed by atoms with Gasteiger partial charge in [-0.3, -0.25) is 4.68 Å². The molecule has 148 valence electrons. The molecule has 0 unspecified atom stereocenters. The first-order chi connectivity index (χ1) is 13.8. The fourth-order valence-electron chi connectivity index (χ4n) is 3.04. The van der Waals surface area contributed by atoms with Crippen molar-refractivity contribution < 1.29 is 13.6 Å². The summed E-state index contributed by atoms with van der Waals surface area (Å²) in [5.41, 5.74) is 9.23. The standard InChI is InChI=1S/C18H16F2N8O/c1-9(24-25-18(21)29)14-3-4-16-22-7-10(28(16)26-14)5-11-13(19)6-15-12(17(11)20)8-23-27(15)2/h3-4,6-8H,5H2,1-2H3,(H3,21,25,29)/b24-9-. The van der Waals surface area contributed by atoms with Crippen LogP contribution in [0, 0.1) is 11.6 Å². The molecule has 0 saturated carbocycles. The predicted molar refractivity (Wildman–Crippen MR) is 101 cm³/mol. The van der Waals surface area contributed by atoms with Crippen molar-refractivity contribution in [3.63, 3.8) is 0 Å². The number of nitrogens with zero attached hydrogens (tertiary/aromatic N) is 6. The number of nitrogens with two attached hydrogens (primary N) is 1. The van der Waals surface area contributed by atoms with Crippen LogP contribution in [0.4, 0.5) is 13.6 Å². The normalized spacial score (nSPS) is 12.1. The lowest BCUT2D eigenvalue weighted by Gasteiger charge is -2.07. The summed E-state index contributed by atoms with van der Waals surface area (Å²) in [5, 5.41) is 12.5. The maximum absolute atomic E-state index is 14.9. The highest BCUT2D eigenvalue weighted by atomic mass is 19.1. The number of benzene rings is 1. The van der Waals surface area contributed by atoms with Crippen molar-refractivity contribution in [3.8, 4) is 0 Å². The lowest BCUT2D eigenvalue weighted by atomic mass is 10.1. The summed E-state index contributed by atoms with van der Waals surface area (Å²) in [6.07, 6.45) is 2.81. The SMILES string of the molecule is C/C(=N/NC(N)=O)c1ccc2ncc(Cc3c(F)cc4c(cnn4C)c3F)n2n1. The van der Waals surface area contributed by atoms with Crippen LogP contribution in [0.3, 0.4) is 0 Å². The van der Waals surface area contributed by atoms with Crippen molar-refractivity contribution in [3.05, 3.63) is 59.2 Å². The van der Waals surface area contributed by atoms with Crippen LogP contribution in [0.25, 0.3) is 16.6 Å². The molecule has 1 aromatic carbocycles.